The molecule has 0 spiro atoms. The number of nitrogens with one attached hydrogen (secondary N) is 1. The number of halogens is 1. The van der Waals surface area contributed by atoms with E-state index in [-0.39, 0.29) is 5.82 Å². The molecule has 1 aliphatic rings. The summed E-state index contributed by atoms with van der Waals surface area (Å²) in [5.41, 5.74) is 7.92. The van der Waals surface area contributed by atoms with Crippen LogP contribution < -0.4 is 11.1 Å². The SMILES string of the molecule is CSCc1cc(F)ccc1CN=C(N)NCCCN1CCOCC1. The van der Waals surface area contributed by atoms with Gasteiger partial charge in [-0.3, -0.25) is 4.90 Å². The Balaban J connectivity index is 1.73. The van der Waals surface area contributed by atoms with Gasteiger partial charge in [-0.2, -0.15) is 11.8 Å². The Bertz CT molecular complexity index is 535. The van der Waals surface area contributed by atoms with Gasteiger partial charge < -0.3 is 15.8 Å². The summed E-state index contributed by atoms with van der Waals surface area (Å²) < 4.78 is 18.7. The molecule has 1 aliphatic heterocycles. The average Bonchev–Trinajstić information content (AvgIpc) is 2.59. The van der Waals surface area contributed by atoms with Gasteiger partial charge in [0, 0.05) is 25.4 Å². The Morgan fingerprint density at radius 2 is 2.17 bits per heavy atom. The van der Waals surface area contributed by atoms with Crippen molar-refractivity contribution in [1.29, 1.82) is 0 Å². The first-order valence-electron chi connectivity index (χ1n) is 8.29. The van der Waals surface area contributed by atoms with Crippen LogP contribution in [0.3, 0.4) is 0 Å². The van der Waals surface area contributed by atoms with Gasteiger partial charge in [-0.15, -0.1) is 0 Å². The number of nitrogens with zero attached hydrogens (tertiary/aromatic N) is 2. The number of rotatable bonds is 8. The summed E-state index contributed by atoms with van der Waals surface area (Å²) in [5, 5.41) is 3.15. The highest BCUT2D eigenvalue weighted by Gasteiger charge is 2.09. The summed E-state index contributed by atoms with van der Waals surface area (Å²) >= 11 is 1.67. The first-order chi connectivity index (χ1) is 11.7. The van der Waals surface area contributed by atoms with Crippen LogP contribution in [0.2, 0.25) is 0 Å². The van der Waals surface area contributed by atoms with Crippen molar-refractivity contribution in [2.75, 3.05) is 45.6 Å². The Hall–Kier alpha value is -1.31. The third-order valence-electron chi connectivity index (χ3n) is 3.95. The predicted molar refractivity (Wildman–Crippen MR) is 98.8 cm³/mol. The first kappa shape index (κ1) is 19.0. The quantitative estimate of drug-likeness (QED) is 0.424. The fraction of sp³-hybridized carbons (Fsp3) is 0.588. The monoisotopic (exact) mass is 354 g/mol. The Kier molecular flexibility index (Phi) is 8.35. The second-order valence-corrected chi connectivity index (χ2v) is 6.65. The standard InChI is InChI=1S/C17H27FN4OS/c1-24-13-15-11-16(18)4-3-14(15)12-21-17(19)20-5-2-6-22-7-9-23-10-8-22/h3-4,11H,2,5-10,12-13H2,1H3,(H3,19,20,21). The van der Waals surface area contributed by atoms with E-state index < -0.39 is 0 Å². The molecule has 0 unspecified atom stereocenters. The van der Waals surface area contributed by atoms with E-state index in [2.05, 4.69) is 15.2 Å². The summed E-state index contributed by atoms with van der Waals surface area (Å²) in [6, 6.07) is 4.84. The molecule has 0 saturated carbocycles. The smallest absolute Gasteiger partial charge is 0.188 e. The molecule has 1 aromatic rings. The normalized spacial score (nSPS) is 16.3. The van der Waals surface area contributed by atoms with Crippen molar-refractivity contribution in [3.8, 4) is 0 Å². The number of nitrogens with two attached hydrogens (primary N) is 1. The molecule has 0 atom stereocenters. The molecule has 134 valence electrons. The average molecular weight is 354 g/mol. The van der Waals surface area contributed by atoms with Gasteiger partial charge in [-0.1, -0.05) is 6.07 Å². The summed E-state index contributed by atoms with van der Waals surface area (Å²) in [5.74, 6) is 1.01. The van der Waals surface area contributed by atoms with Gasteiger partial charge in [0.15, 0.2) is 5.96 Å². The number of guanidine groups is 1. The van der Waals surface area contributed by atoms with Gasteiger partial charge in [-0.05, 0) is 42.5 Å². The first-order valence-corrected chi connectivity index (χ1v) is 9.68. The zero-order valence-corrected chi connectivity index (χ0v) is 15.1. The third kappa shape index (κ3) is 6.67. The molecule has 7 heteroatoms. The molecule has 0 radical (unpaired) electrons. The van der Waals surface area contributed by atoms with E-state index >= 15 is 0 Å². The fourth-order valence-corrected chi connectivity index (χ4v) is 3.19. The number of ether oxygens (including phenoxy) is 1. The maximum absolute atomic E-state index is 13.3. The van der Waals surface area contributed by atoms with Crippen LogP contribution in [0.4, 0.5) is 4.39 Å². The lowest BCUT2D eigenvalue weighted by Crippen LogP contribution is -2.39. The number of hydrogen-bond donors (Lipinski definition) is 2. The lowest BCUT2D eigenvalue weighted by atomic mass is 10.1. The molecular weight excluding hydrogens is 327 g/mol. The predicted octanol–water partition coefficient (Wildman–Crippen LogP) is 1.82. The highest BCUT2D eigenvalue weighted by molar-refractivity contribution is 7.97. The number of morpholine rings is 1. The lowest BCUT2D eigenvalue weighted by molar-refractivity contribution is 0.0376. The van der Waals surface area contributed by atoms with Gasteiger partial charge in [0.05, 0.1) is 19.8 Å². The highest BCUT2D eigenvalue weighted by atomic mass is 32.2. The molecule has 0 aliphatic carbocycles. The minimum Gasteiger partial charge on any atom is -0.379 e. The van der Waals surface area contributed by atoms with Crippen LogP contribution in [0.15, 0.2) is 23.2 Å². The van der Waals surface area contributed by atoms with Crippen LogP contribution in [-0.4, -0.2) is 56.5 Å². The molecule has 3 N–H and O–H groups in total. The van der Waals surface area contributed by atoms with Crippen molar-refractivity contribution in [1.82, 2.24) is 10.2 Å². The molecule has 2 rings (SSSR count). The minimum atomic E-state index is -0.207. The molecule has 1 saturated heterocycles. The van der Waals surface area contributed by atoms with Crippen LogP contribution in [0, 0.1) is 5.82 Å². The minimum absolute atomic E-state index is 0.207. The van der Waals surface area contributed by atoms with E-state index in [1.54, 1.807) is 23.9 Å². The molecule has 5 nitrogen and oxygen atoms in total. The molecule has 0 bridgehead atoms. The highest BCUT2D eigenvalue weighted by Crippen LogP contribution is 2.17. The molecule has 0 aromatic heterocycles. The van der Waals surface area contributed by atoms with Gasteiger partial charge >= 0.3 is 0 Å². The van der Waals surface area contributed by atoms with Gasteiger partial charge in [0.2, 0.25) is 0 Å². The maximum atomic E-state index is 13.3. The van der Waals surface area contributed by atoms with Crippen LogP contribution in [0.1, 0.15) is 17.5 Å². The number of thioether (sulfide) groups is 1. The van der Waals surface area contributed by atoms with Crippen molar-refractivity contribution < 1.29 is 9.13 Å². The molecule has 24 heavy (non-hydrogen) atoms. The topological polar surface area (TPSA) is 62.9 Å². The van der Waals surface area contributed by atoms with Crippen molar-refractivity contribution in [3.63, 3.8) is 0 Å². The van der Waals surface area contributed by atoms with Crippen molar-refractivity contribution in [2.24, 2.45) is 10.7 Å². The second kappa shape index (κ2) is 10.5. The lowest BCUT2D eigenvalue weighted by Gasteiger charge is -2.26. The largest absolute Gasteiger partial charge is 0.379 e. The van der Waals surface area contributed by atoms with Crippen LogP contribution >= 0.6 is 11.8 Å². The third-order valence-corrected chi connectivity index (χ3v) is 4.55. The Morgan fingerprint density at radius 3 is 2.92 bits per heavy atom. The van der Waals surface area contributed by atoms with E-state index in [1.165, 1.54) is 6.07 Å². The van der Waals surface area contributed by atoms with E-state index in [1.807, 2.05) is 6.26 Å². The summed E-state index contributed by atoms with van der Waals surface area (Å²) in [6.45, 7) is 5.98. The maximum Gasteiger partial charge on any atom is 0.188 e. The molecular formula is C17H27FN4OS. The van der Waals surface area contributed by atoms with Crippen LogP contribution in [0.25, 0.3) is 0 Å². The number of hydrogen-bond acceptors (Lipinski definition) is 4. The van der Waals surface area contributed by atoms with Gasteiger partial charge in [0.25, 0.3) is 0 Å². The van der Waals surface area contributed by atoms with E-state index in [0.717, 1.165) is 62.7 Å². The molecule has 1 aromatic carbocycles. The van der Waals surface area contributed by atoms with Crippen molar-refractivity contribution in [3.05, 3.63) is 35.1 Å². The Labute approximate surface area is 147 Å². The zero-order valence-electron chi connectivity index (χ0n) is 14.3. The second-order valence-electron chi connectivity index (χ2n) is 5.78. The molecule has 0 amide bonds. The summed E-state index contributed by atoms with van der Waals surface area (Å²) in [6.07, 6.45) is 3.02. The number of aliphatic imine (C=N–C) groups is 1. The van der Waals surface area contributed by atoms with Crippen LogP contribution in [0.5, 0.6) is 0 Å². The van der Waals surface area contributed by atoms with Crippen LogP contribution in [-0.2, 0) is 17.0 Å². The van der Waals surface area contributed by atoms with Gasteiger partial charge in [0.1, 0.15) is 5.82 Å². The summed E-state index contributed by atoms with van der Waals surface area (Å²) in [7, 11) is 0. The Morgan fingerprint density at radius 1 is 1.38 bits per heavy atom. The fourth-order valence-electron chi connectivity index (χ4n) is 2.61. The zero-order chi connectivity index (χ0) is 17.2. The van der Waals surface area contributed by atoms with E-state index in [4.69, 9.17) is 10.5 Å². The van der Waals surface area contributed by atoms with Crippen molar-refractivity contribution in [2.45, 2.75) is 18.7 Å². The van der Waals surface area contributed by atoms with Crippen molar-refractivity contribution >= 4 is 17.7 Å². The van der Waals surface area contributed by atoms with E-state index in [0.29, 0.717) is 12.5 Å². The molecule has 1 heterocycles. The van der Waals surface area contributed by atoms with Gasteiger partial charge in [-0.25, -0.2) is 9.38 Å². The van der Waals surface area contributed by atoms with E-state index in [9.17, 15) is 4.39 Å². The molecule has 1 fully saturated rings. The summed E-state index contributed by atoms with van der Waals surface area (Å²) in [4.78, 5) is 6.76. The number of benzene rings is 1.